The molecule has 1 heterocycles. The normalized spacial score (nSPS) is 11.2. The van der Waals surface area contributed by atoms with E-state index in [1.165, 1.54) is 27.7 Å². The zero-order valence-corrected chi connectivity index (χ0v) is 17.5. The first-order chi connectivity index (χ1) is 15.3. The summed E-state index contributed by atoms with van der Waals surface area (Å²) < 4.78 is 41.8. The van der Waals surface area contributed by atoms with Gasteiger partial charge in [0.25, 0.3) is 6.43 Å². The lowest BCUT2D eigenvalue weighted by atomic mass is 10.0. The summed E-state index contributed by atoms with van der Waals surface area (Å²) in [6.45, 7) is 0. The van der Waals surface area contributed by atoms with Gasteiger partial charge in [0.05, 0.1) is 17.5 Å². The molecule has 0 amide bonds. The summed E-state index contributed by atoms with van der Waals surface area (Å²) in [5.41, 5.74) is 1.66. The highest BCUT2D eigenvalue weighted by molar-refractivity contribution is 6.31. The number of benzene rings is 3. The number of aromatic nitrogens is 2. The van der Waals surface area contributed by atoms with Crippen molar-refractivity contribution in [1.82, 2.24) is 9.55 Å². The quantitative estimate of drug-likeness (QED) is 0.280. The van der Waals surface area contributed by atoms with Crippen LogP contribution in [0.5, 0.6) is 0 Å². The summed E-state index contributed by atoms with van der Waals surface area (Å²) in [6.07, 6.45) is -1.60. The predicted molar refractivity (Wildman–Crippen MR) is 120 cm³/mol. The second kappa shape index (κ2) is 8.47. The third-order valence-corrected chi connectivity index (χ3v) is 5.39. The highest BCUT2D eigenvalue weighted by Gasteiger charge is 2.17. The molecule has 2 N–H and O–H groups in total. The number of hydrogen-bond acceptors (Lipinski definition) is 4. The summed E-state index contributed by atoms with van der Waals surface area (Å²) in [4.78, 5) is 5.77. The Kier molecular flexibility index (Phi) is 5.71. The van der Waals surface area contributed by atoms with Crippen LogP contribution in [0, 0.1) is 16.6 Å². The molecular formula is C23H17ClF3N5. The van der Waals surface area contributed by atoms with Gasteiger partial charge in [-0.1, -0.05) is 41.9 Å². The Balaban J connectivity index is 1.84. The third-order valence-electron chi connectivity index (χ3n) is 5.15. The molecule has 0 aliphatic carbocycles. The van der Waals surface area contributed by atoms with Crippen molar-refractivity contribution in [3.8, 4) is 11.1 Å². The van der Waals surface area contributed by atoms with Gasteiger partial charge in [-0.15, -0.1) is 0 Å². The molecule has 162 valence electrons. The Morgan fingerprint density at radius 3 is 2.38 bits per heavy atom. The van der Waals surface area contributed by atoms with Gasteiger partial charge in [0.1, 0.15) is 11.6 Å². The number of nitrogens with zero attached hydrogens (tertiary/aromatic N) is 3. The standard InChI is InChI=1S/C23H17ClF3N5/c1-31(22-17-8-7-16(24)11-19(17)32(12-28)23(29)30-22)20-10-15(6-9-18(20)25)13-2-4-14(5-3-13)21(26)27/h2-12,21,28-29H,1H3. The van der Waals surface area contributed by atoms with Crippen molar-refractivity contribution >= 4 is 40.3 Å². The molecule has 0 unspecified atom stereocenters. The molecule has 4 aromatic rings. The smallest absolute Gasteiger partial charge is 0.263 e. The van der Waals surface area contributed by atoms with E-state index in [0.717, 1.165) is 6.34 Å². The number of fused-ring (bicyclic) bond motifs is 1. The summed E-state index contributed by atoms with van der Waals surface area (Å²) in [6, 6.07) is 15.2. The first-order valence-corrected chi connectivity index (χ1v) is 9.86. The fourth-order valence-corrected chi connectivity index (χ4v) is 3.66. The van der Waals surface area contributed by atoms with Crippen LogP contribution in [-0.4, -0.2) is 22.9 Å². The van der Waals surface area contributed by atoms with Gasteiger partial charge < -0.3 is 4.90 Å². The molecule has 0 saturated carbocycles. The molecule has 5 nitrogen and oxygen atoms in total. The maximum Gasteiger partial charge on any atom is 0.263 e. The van der Waals surface area contributed by atoms with Crippen LogP contribution < -0.4 is 10.5 Å². The second-order valence-electron chi connectivity index (χ2n) is 7.07. The first-order valence-electron chi connectivity index (χ1n) is 9.49. The van der Waals surface area contributed by atoms with Crippen molar-refractivity contribution in [1.29, 1.82) is 10.8 Å². The Hall–Kier alpha value is -3.65. The summed E-state index contributed by atoms with van der Waals surface area (Å²) in [5.74, 6) is -0.205. The van der Waals surface area contributed by atoms with Crippen molar-refractivity contribution in [2.75, 3.05) is 11.9 Å². The highest BCUT2D eigenvalue weighted by atomic mass is 35.5. The van der Waals surface area contributed by atoms with E-state index < -0.39 is 12.2 Å². The van der Waals surface area contributed by atoms with Gasteiger partial charge in [-0.25, -0.2) is 13.2 Å². The highest BCUT2D eigenvalue weighted by Crippen LogP contribution is 2.34. The van der Waals surface area contributed by atoms with Crippen molar-refractivity contribution in [3.05, 3.63) is 82.7 Å². The predicted octanol–water partition coefficient (Wildman–Crippen LogP) is 6.14. The largest absolute Gasteiger partial charge is 0.326 e. The Labute approximate surface area is 186 Å². The van der Waals surface area contributed by atoms with Crippen molar-refractivity contribution in [3.63, 3.8) is 0 Å². The molecule has 32 heavy (non-hydrogen) atoms. The van der Waals surface area contributed by atoms with Crippen molar-refractivity contribution in [2.45, 2.75) is 6.43 Å². The van der Waals surface area contributed by atoms with Gasteiger partial charge in [0.15, 0.2) is 0 Å². The van der Waals surface area contributed by atoms with Crippen LogP contribution in [0.2, 0.25) is 5.02 Å². The number of alkyl halides is 2. The third kappa shape index (κ3) is 3.85. The van der Waals surface area contributed by atoms with Gasteiger partial charge in [-0.05, 0) is 41.5 Å². The van der Waals surface area contributed by atoms with Crippen LogP contribution >= 0.6 is 11.6 Å². The molecule has 0 spiro atoms. The first kappa shape index (κ1) is 21.6. The molecule has 0 aliphatic rings. The van der Waals surface area contributed by atoms with Crippen molar-refractivity contribution in [2.24, 2.45) is 0 Å². The van der Waals surface area contributed by atoms with Crippen molar-refractivity contribution < 1.29 is 13.2 Å². The number of hydrogen-bond donors (Lipinski definition) is 2. The van der Waals surface area contributed by atoms with Gasteiger partial charge in [0.2, 0.25) is 5.62 Å². The second-order valence-corrected chi connectivity index (χ2v) is 7.50. The van der Waals surface area contributed by atoms with E-state index in [1.807, 2.05) is 0 Å². The fourth-order valence-electron chi connectivity index (χ4n) is 3.49. The van der Waals surface area contributed by atoms with E-state index in [-0.39, 0.29) is 16.9 Å². The topological polar surface area (TPSA) is 68.8 Å². The number of halogens is 4. The molecular weight excluding hydrogens is 439 g/mol. The minimum Gasteiger partial charge on any atom is -0.326 e. The Morgan fingerprint density at radius 1 is 1.03 bits per heavy atom. The van der Waals surface area contributed by atoms with Crippen LogP contribution in [0.3, 0.4) is 0 Å². The lowest BCUT2D eigenvalue weighted by Gasteiger charge is -2.22. The summed E-state index contributed by atoms with van der Waals surface area (Å²) in [7, 11) is 1.62. The lowest BCUT2D eigenvalue weighted by Crippen LogP contribution is -2.26. The Morgan fingerprint density at radius 2 is 1.72 bits per heavy atom. The number of anilines is 2. The number of nitrogens with one attached hydrogen (secondary N) is 2. The molecule has 0 fully saturated rings. The molecule has 9 heteroatoms. The SMILES string of the molecule is CN(c1cc(-c2ccc(C(F)F)cc2)ccc1F)c1nc(=N)n(C=N)c2cc(Cl)ccc12. The molecule has 3 aromatic carbocycles. The van der Waals surface area contributed by atoms with E-state index in [2.05, 4.69) is 4.98 Å². The van der Waals surface area contributed by atoms with Crippen LogP contribution in [-0.2, 0) is 0 Å². The van der Waals surface area contributed by atoms with Crippen LogP contribution in [0.25, 0.3) is 22.0 Å². The summed E-state index contributed by atoms with van der Waals surface area (Å²) >= 11 is 6.10. The van der Waals surface area contributed by atoms with E-state index in [1.54, 1.807) is 49.5 Å². The maximum atomic E-state index is 14.8. The molecule has 1 aromatic heterocycles. The van der Waals surface area contributed by atoms with Gasteiger partial charge >= 0.3 is 0 Å². The molecule has 0 bridgehead atoms. The molecule has 0 aliphatic heterocycles. The molecule has 4 rings (SSSR count). The average Bonchev–Trinajstić information content (AvgIpc) is 2.78. The van der Waals surface area contributed by atoms with Gasteiger partial charge in [-0.2, -0.15) is 4.98 Å². The zero-order valence-electron chi connectivity index (χ0n) is 16.8. The van der Waals surface area contributed by atoms with Gasteiger partial charge in [-0.3, -0.25) is 15.4 Å². The van der Waals surface area contributed by atoms with Crippen LogP contribution in [0.1, 0.15) is 12.0 Å². The van der Waals surface area contributed by atoms with Crippen LogP contribution in [0.15, 0.2) is 60.7 Å². The minimum atomic E-state index is -2.56. The maximum absolute atomic E-state index is 14.8. The van der Waals surface area contributed by atoms with E-state index in [9.17, 15) is 13.2 Å². The zero-order chi connectivity index (χ0) is 23.0. The lowest BCUT2D eigenvalue weighted by molar-refractivity contribution is 0.151. The Bertz CT molecular complexity index is 1380. The average molecular weight is 456 g/mol. The van der Waals surface area contributed by atoms with E-state index in [0.29, 0.717) is 32.9 Å². The monoisotopic (exact) mass is 455 g/mol. The molecule has 0 saturated heterocycles. The minimum absolute atomic E-state index is 0.0886. The van der Waals surface area contributed by atoms with E-state index in [4.69, 9.17) is 22.4 Å². The molecule has 0 atom stereocenters. The fraction of sp³-hybridized carbons (Fsp3) is 0.0870. The van der Waals surface area contributed by atoms with E-state index >= 15 is 0 Å². The summed E-state index contributed by atoms with van der Waals surface area (Å²) in [5, 5.41) is 16.8. The van der Waals surface area contributed by atoms with Gasteiger partial charge in [0, 0.05) is 23.0 Å². The van der Waals surface area contributed by atoms with Crippen LogP contribution in [0.4, 0.5) is 24.7 Å². The molecule has 0 radical (unpaired) electrons. The number of rotatable bonds is 5.